The number of amides is 1. The number of ether oxygens (including phenoxy) is 1. The van der Waals surface area contributed by atoms with Crippen LogP contribution in [0.25, 0.3) is 0 Å². The van der Waals surface area contributed by atoms with Crippen LogP contribution < -0.4 is 10.1 Å². The third-order valence-corrected chi connectivity index (χ3v) is 3.37. The van der Waals surface area contributed by atoms with Gasteiger partial charge in [-0.1, -0.05) is 32.4 Å². The second kappa shape index (κ2) is 4.93. The summed E-state index contributed by atoms with van der Waals surface area (Å²) in [5.41, 5.74) is 2.05. The summed E-state index contributed by atoms with van der Waals surface area (Å²) < 4.78 is 5.89. The largest absolute Gasteiger partial charge is 0.488 e. The molecule has 0 aromatic heterocycles. The number of halogens is 1. The molecule has 0 spiro atoms. The first-order valence-electron chi connectivity index (χ1n) is 6.23. The van der Waals surface area contributed by atoms with Crippen molar-refractivity contribution < 1.29 is 14.6 Å². The number of carbonyl (C=O) groups is 1. The summed E-state index contributed by atoms with van der Waals surface area (Å²) in [6, 6.07) is 3.82. The fourth-order valence-corrected chi connectivity index (χ4v) is 2.51. The zero-order valence-electron chi connectivity index (χ0n) is 11.3. The summed E-state index contributed by atoms with van der Waals surface area (Å²) in [4.78, 5) is 10.5. The van der Waals surface area contributed by atoms with Gasteiger partial charge in [0.05, 0.1) is 6.54 Å². The van der Waals surface area contributed by atoms with E-state index < -0.39 is 6.09 Å². The fraction of sp³-hybridized carbons (Fsp3) is 0.500. The van der Waals surface area contributed by atoms with E-state index in [2.05, 4.69) is 26.1 Å². The van der Waals surface area contributed by atoms with Crippen LogP contribution in [0.4, 0.5) is 4.79 Å². The lowest BCUT2D eigenvalue weighted by Crippen LogP contribution is -2.33. The molecular formula is C14H18ClNO3. The lowest BCUT2D eigenvalue weighted by atomic mass is 9.85. The summed E-state index contributed by atoms with van der Waals surface area (Å²) >= 11 is 6.14. The highest BCUT2D eigenvalue weighted by Crippen LogP contribution is 2.41. The fourth-order valence-electron chi connectivity index (χ4n) is 2.27. The van der Waals surface area contributed by atoms with Gasteiger partial charge in [0, 0.05) is 17.0 Å². The summed E-state index contributed by atoms with van der Waals surface area (Å²) in [5, 5.41) is 11.7. The smallest absolute Gasteiger partial charge is 0.404 e. The lowest BCUT2D eigenvalue weighted by molar-refractivity contribution is 0.180. The highest BCUT2D eigenvalue weighted by molar-refractivity contribution is 6.30. The van der Waals surface area contributed by atoms with Crippen LogP contribution in [0.5, 0.6) is 5.75 Å². The van der Waals surface area contributed by atoms with Gasteiger partial charge in [0.25, 0.3) is 0 Å². The molecule has 104 valence electrons. The van der Waals surface area contributed by atoms with Crippen molar-refractivity contribution in [3.05, 3.63) is 28.3 Å². The van der Waals surface area contributed by atoms with Crippen molar-refractivity contribution in [3.63, 3.8) is 0 Å². The number of hydrogen-bond acceptors (Lipinski definition) is 2. The van der Waals surface area contributed by atoms with Crippen LogP contribution in [0, 0.1) is 0 Å². The number of benzene rings is 1. The molecule has 1 aromatic rings. The van der Waals surface area contributed by atoms with Crippen molar-refractivity contribution >= 4 is 17.7 Å². The van der Waals surface area contributed by atoms with E-state index in [9.17, 15) is 4.79 Å². The Hall–Kier alpha value is -1.42. The molecule has 1 aromatic carbocycles. The number of hydrogen-bond donors (Lipinski definition) is 2. The second-order valence-corrected chi connectivity index (χ2v) is 6.26. The summed E-state index contributed by atoms with van der Waals surface area (Å²) in [7, 11) is 0. The van der Waals surface area contributed by atoms with Gasteiger partial charge in [-0.25, -0.2) is 4.79 Å². The van der Waals surface area contributed by atoms with Crippen LogP contribution in [0.3, 0.4) is 0 Å². The van der Waals surface area contributed by atoms with Crippen LogP contribution in [0.1, 0.15) is 31.9 Å². The maximum atomic E-state index is 10.5. The van der Waals surface area contributed by atoms with Gasteiger partial charge in [-0.15, -0.1) is 0 Å². The minimum atomic E-state index is -1.03. The van der Waals surface area contributed by atoms with Crippen LogP contribution in [-0.2, 0) is 11.8 Å². The number of carboxylic acid groups (broad SMARTS) is 1. The molecule has 1 aliphatic rings. The first kappa shape index (κ1) is 14.0. The van der Waals surface area contributed by atoms with Crippen molar-refractivity contribution in [1.29, 1.82) is 0 Å². The predicted octanol–water partition coefficient (Wildman–Crippen LogP) is 3.21. The Labute approximate surface area is 117 Å². The highest BCUT2D eigenvalue weighted by Gasteiger charge is 2.30. The van der Waals surface area contributed by atoms with Gasteiger partial charge in [-0.3, -0.25) is 0 Å². The molecule has 0 fully saturated rings. The Bertz CT molecular complexity index is 508. The second-order valence-electron chi connectivity index (χ2n) is 5.82. The summed E-state index contributed by atoms with van der Waals surface area (Å²) in [6.07, 6.45) is -0.515. The van der Waals surface area contributed by atoms with Crippen LogP contribution in [-0.4, -0.2) is 23.8 Å². The van der Waals surface area contributed by atoms with Crippen LogP contribution in [0.15, 0.2) is 12.1 Å². The highest BCUT2D eigenvalue weighted by atomic mass is 35.5. The maximum Gasteiger partial charge on any atom is 0.404 e. The zero-order chi connectivity index (χ0) is 14.2. The number of rotatable bonds is 2. The average molecular weight is 284 g/mol. The Morgan fingerprint density at radius 3 is 2.79 bits per heavy atom. The maximum absolute atomic E-state index is 10.5. The number of fused-ring (bicyclic) bond motifs is 1. The number of nitrogens with one attached hydrogen (secondary N) is 1. The zero-order valence-corrected chi connectivity index (χ0v) is 12.0. The van der Waals surface area contributed by atoms with Crippen molar-refractivity contribution in [2.45, 2.75) is 38.7 Å². The van der Waals surface area contributed by atoms with E-state index in [4.69, 9.17) is 21.4 Å². The third kappa shape index (κ3) is 3.13. The van der Waals surface area contributed by atoms with E-state index >= 15 is 0 Å². The minimum absolute atomic E-state index is 0.0654. The Kier molecular flexibility index (Phi) is 3.63. The van der Waals surface area contributed by atoms with Crippen molar-refractivity contribution in [2.75, 3.05) is 6.54 Å². The SMILES string of the molecule is CC(C)(C)c1cc(Cl)cc2c1OC(CNC(=O)O)C2. The van der Waals surface area contributed by atoms with E-state index in [-0.39, 0.29) is 18.1 Å². The molecule has 19 heavy (non-hydrogen) atoms. The molecule has 1 aliphatic heterocycles. The molecule has 0 saturated carbocycles. The quantitative estimate of drug-likeness (QED) is 0.876. The van der Waals surface area contributed by atoms with E-state index in [0.717, 1.165) is 16.9 Å². The van der Waals surface area contributed by atoms with E-state index in [1.165, 1.54) is 0 Å². The van der Waals surface area contributed by atoms with Gasteiger partial charge in [0.1, 0.15) is 11.9 Å². The van der Waals surface area contributed by atoms with Gasteiger partial charge in [-0.2, -0.15) is 0 Å². The predicted molar refractivity (Wildman–Crippen MR) is 74.3 cm³/mol. The molecule has 1 heterocycles. The minimum Gasteiger partial charge on any atom is -0.488 e. The van der Waals surface area contributed by atoms with Crippen LogP contribution in [0.2, 0.25) is 5.02 Å². The Morgan fingerprint density at radius 1 is 1.53 bits per heavy atom. The molecule has 0 bridgehead atoms. The Morgan fingerprint density at radius 2 is 2.21 bits per heavy atom. The van der Waals surface area contributed by atoms with Crippen molar-refractivity contribution in [1.82, 2.24) is 5.32 Å². The van der Waals surface area contributed by atoms with Crippen molar-refractivity contribution in [3.8, 4) is 5.75 Å². The van der Waals surface area contributed by atoms with Gasteiger partial charge in [0.15, 0.2) is 0 Å². The lowest BCUT2D eigenvalue weighted by Gasteiger charge is -2.23. The van der Waals surface area contributed by atoms with Gasteiger partial charge >= 0.3 is 6.09 Å². The van der Waals surface area contributed by atoms with Crippen molar-refractivity contribution in [2.24, 2.45) is 0 Å². The molecule has 4 nitrogen and oxygen atoms in total. The summed E-state index contributed by atoms with van der Waals surface area (Å²) in [5.74, 6) is 0.856. The normalized spacial score (nSPS) is 17.8. The molecule has 1 unspecified atom stereocenters. The van der Waals surface area contributed by atoms with E-state index in [0.29, 0.717) is 11.4 Å². The molecule has 0 radical (unpaired) electrons. The molecule has 1 amide bonds. The van der Waals surface area contributed by atoms with Gasteiger partial charge < -0.3 is 15.2 Å². The molecule has 2 rings (SSSR count). The first-order chi connectivity index (χ1) is 8.77. The standard InChI is InChI=1S/C14H18ClNO3/c1-14(2,3)11-6-9(15)4-8-5-10(19-12(8)11)7-16-13(17)18/h4,6,10,16H,5,7H2,1-3H3,(H,17,18). The van der Waals surface area contributed by atoms with Gasteiger partial charge in [-0.05, 0) is 23.1 Å². The van der Waals surface area contributed by atoms with Gasteiger partial charge in [0.2, 0.25) is 0 Å². The van der Waals surface area contributed by atoms with Crippen LogP contribution >= 0.6 is 11.6 Å². The molecule has 0 saturated heterocycles. The Balaban J connectivity index is 2.25. The molecule has 0 aliphatic carbocycles. The molecule has 5 heteroatoms. The summed E-state index contributed by atoms with van der Waals surface area (Å²) in [6.45, 7) is 6.59. The molecule has 2 N–H and O–H groups in total. The van der Waals surface area contributed by atoms with E-state index in [1.54, 1.807) is 0 Å². The third-order valence-electron chi connectivity index (χ3n) is 3.15. The van der Waals surface area contributed by atoms with E-state index in [1.807, 2.05) is 12.1 Å². The topological polar surface area (TPSA) is 58.6 Å². The molecular weight excluding hydrogens is 266 g/mol. The molecule has 1 atom stereocenters. The average Bonchev–Trinajstić information content (AvgIpc) is 2.66. The monoisotopic (exact) mass is 283 g/mol. The first-order valence-corrected chi connectivity index (χ1v) is 6.61.